The van der Waals surface area contributed by atoms with Gasteiger partial charge in [0, 0.05) is 5.33 Å². The largest absolute Gasteiger partial charge is 0.205 e. The highest BCUT2D eigenvalue weighted by Gasteiger charge is 2.05. The van der Waals surface area contributed by atoms with Gasteiger partial charge in [-0.25, -0.2) is 4.39 Å². The second-order valence-electron chi connectivity index (χ2n) is 2.51. The molecule has 62 valence electrons. The molecule has 0 aliphatic heterocycles. The molecule has 3 heteroatoms. The topological polar surface area (TPSA) is 0 Å². The summed E-state index contributed by atoms with van der Waals surface area (Å²) >= 11 is 4.83. The van der Waals surface area contributed by atoms with Crippen molar-refractivity contribution in [2.45, 2.75) is 5.33 Å². The molecule has 1 heterocycles. The molecule has 0 radical (unpaired) electrons. The Morgan fingerprint density at radius 1 is 1.42 bits per heavy atom. The fourth-order valence-corrected chi connectivity index (χ4v) is 2.83. The Labute approximate surface area is 82.2 Å². The molecule has 0 aliphatic carbocycles. The van der Waals surface area contributed by atoms with Crippen molar-refractivity contribution in [3.05, 3.63) is 35.0 Å². The molecule has 1 aromatic carbocycles. The van der Waals surface area contributed by atoms with Crippen molar-refractivity contribution >= 4 is 37.4 Å². The van der Waals surface area contributed by atoms with Crippen molar-refractivity contribution < 1.29 is 4.39 Å². The summed E-state index contributed by atoms with van der Waals surface area (Å²) in [6.45, 7) is 0. The second kappa shape index (κ2) is 3.15. The normalized spacial score (nSPS) is 10.8. The van der Waals surface area contributed by atoms with Gasteiger partial charge in [-0.15, -0.1) is 11.3 Å². The minimum absolute atomic E-state index is 0.121. The van der Waals surface area contributed by atoms with Crippen LogP contribution in [0.2, 0.25) is 0 Å². The molecule has 0 saturated heterocycles. The van der Waals surface area contributed by atoms with Crippen LogP contribution < -0.4 is 0 Å². The quantitative estimate of drug-likeness (QED) is 0.667. The number of rotatable bonds is 1. The maximum absolute atomic E-state index is 13.1. The van der Waals surface area contributed by atoms with E-state index in [0.717, 1.165) is 21.0 Å². The molecule has 0 fully saturated rings. The lowest BCUT2D eigenvalue weighted by Crippen LogP contribution is -1.75. The summed E-state index contributed by atoms with van der Waals surface area (Å²) in [6, 6.07) is 5.19. The summed E-state index contributed by atoms with van der Waals surface area (Å²) < 4.78 is 13.9. The Balaban J connectivity index is 2.80. The lowest BCUT2D eigenvalue weighted by Gasteiger charge is -1.92. The van der Waals surface area contributed by atoms with Crippen molar-refractivity contribution in [2.24, 2.45) is 0 Å². The first kappa shape index (κ1) is 8.20. The maximum Gasteiger partial charge on any atom is 0.140 e. The van der Waals surface area contributed by atoms with Crippen LogP contribution in [0.15, 0.2) is 23.6 Å². The van der Waals surface area contributed by atoms with Crippen LogP contribution in [-0.2, 0) is 5.33 Å². The molecule has 2 aromatic rings. The Morgan fingerprint density at radius 3 is 3.00 bits per heavy atom. The van der Waals surface area contributed by atoms with Crippen LogP contribution in [0.4, 0.5) is 4.39 Å². The minimum atomic E-state index is -0.121. The Morgan fingerprint density at radius 2 is 2.25 bits per heavy atom. The van der Waals surface area contributed by atoms with Crippen LogP contribution in [-0.4, -0.2) is 0 Å². The number of fused-ring (bicyclic) bond motifs is 1. The van der Waals surface area contributed by atoms with Gasteiger partial charge in [0.25, 0.3) is 0 Å². The van der Waals surface area contributed by atoms with Gasteiger partial charge < -0.3 is 0 Å². The summed E-state index contributed by atoms with van der Waals surface area (Å²) in [6.07, 6.45) is 0. The van der Waals surface area contributed by atoms with E-state index in [1.54, 1.807) is 6.07 Å². The SMILES string of the molecule is Fc1cccc2c(CBr)csc12. The first-order valence-electron chi connectivity index (χ1n) is 3.53. The molecule has 0 saturated carbocycles. The summed E-state index contributed by atoms with van der Waals surface area (Å²) in [5.74, 6) is -0.121. The van der Waals surface area contributed by atoms with Crippen molar-refractivity contribution in [1.82, 2.24) is 0 Å². The zero-order chi connectivity index (χ0) is 8.55. The van der Waals surface area contributed by atoms with E-state index in [9.17, 15) is 4.39 Å². The van der Waals surface area contributed by atoms with Crippen LogP contribution in [0.3, 0.4) is 0 Å². The summed E-state index contributed by atoms with van der Waals surface area (Å²) in [5, 5.41) is 3.80. The van der Waals surface area contributed by atoms with E-state index in [1.807, 2.05) is 11.4 Å². The van der Waals surface area contributed by atoms with Gasteiger partial charge in [0.15, 0.2) is 0 Å². The maximum atomic E-state index is 13.1. The zero-order valence-electron chi connectivity index (χ0n) is 6.18. The minimum Gasteiger partial charge on any atom is -0.205 e. The van der Waals surface area contributed by atoms with Gasteiger partial charge in [-0.2, -0.15) is 0 Å². The van der Waals surface area contributed by atoms with Gasteiger partial charge >= 0.3 is 0 Å². The highest BCUT2D eigenvalue weighted by atomic mass is 79.9. The molecule has 0 aliphatic rings. The average Bonchev–Trinajstić information content (AvgIpc) is 2.49. The van der Waals surface area contributed by atoms with Crippen molar-refractivity contribution in [3.63, 3.8) is 0 Å². The number of thiophene rings is 1. The number of hydrogen-bond donors (Lipinski definition) is 0. The van der Waals surface area contributed by atoms with Crippen LogP contribution in [0.25, 0.3) is 10.1 Å². The van der Waals surface area contributed by atoms with E-state index >= 15 is 0 Å². The highest BCUT2D eigenvalue weighted by molar-refractivity contribution is 9.08. The summed E-state index contributed by atoms with van der Waals surface area (Å²) in [7, 11) is 0. The van der Waals surface area contributed by atoms with E-state index in [-0.39, 0.29) is 5.82 Å². The third-order valence-corrected chi connectivity index (χ3v) is 3.43. The predicted octanol–water partition coefficient (Wildman–Crippen LogP) is 3.94. The Hall–Kier alpha value is -0.410. The van der Waals surface area contributed by atoms with E-state index < -0.39 is 0 Å². The van der Waals surface area contributed by atoms with Gasteiger partial charge in [0.2, 0.25) is 0 Å². The number of alkyl halides is 1. The van der Waals surface area contributed by atoms with Crippen LogP contribution >= 0.6 is 27.3 Å². The number of hydrogen-bond acceptors (Lipinski definition) is 1. The Kier molecular flexibility index (Phi) is 2.15. The molecule has 0 nitrogen and oxygen atoms in total. The zero-order valence-corrected chi connectivity index (χ0v) is 8.58. The molecule has 0 unspecified atom stereocenters. The van der Waals surface area contributed by atoms with Crippen LogP contribution in [0.5, 0.6) is 0 Å². The molecule has 0 spiro atoms. The number of halogens is 2. The van der Waals surface area contributed by atoms with E-state index in [2.05, 4.69) is 15.9 Å². The highest BCUT2D eigenvalue weighted by Crippen LogP contribution is 2.29. The molecule has 0 bridgehead atoms. The summed E-state index contributed by atoms with van der Waals surface area (Å²) in [4.78, 5) is 0. The third kappa shape index (κ3) is 1.17. The molecular formula is C9H6BrFS. The first-order chi connectivity index (χ1) is 5.83. The first-order valence-corrected chi connectivity index (χ1v) is 5.53. The van der Waals surface area contributed by atoms with Crippen LogP contribution in [0, 0.1) is 5.82 Å². The van der Waals surface area contributed by atoms with Gasteiger partial charge in [-0.1, -0.05) is 28.1 Å². The average molecular weight is 245 g/mol. The van der Waals surface area contributed by atoms with Crippen molar-refractivity contribution in [2.75, 3.05) is 0 Å². The van der Waals surface area contributed by atoms with E-state index in [0.29, 0.717) is 0 Å². The van der Waals surface area contributed by atoms with Gasteiger partial charge in [0.05, 0.1) is 4.70 Å². The van der Waals surface area contributed by atoms with E-state index in [1.165, 1.54) is 17.4 Å². The molecule has 2 rings (SSSR count). The standard InChI is InChI=1S/C9H6BrFS/c10-4-6-5-12-9-7(6)2-1-3-8(9)11/h1-3,5H,4H2. The molecule has 1 aromatic heterocycles. The van der Waals surface area contributed by atoms with Gasteiger partial charge in [-0.3, -0.25) is 0 Å². The van der Waals surface area contributed by atoms with Crippen molar-refractivity contribution in [1.29, 1.82) is 0 Å². The number of benzene rings is 1. The fourth-order valence-electron chi connectivity index (χ4n) is 1.18. The molecule has 0 atom stereocenters. The lowest BCUT2D eigenvalue weighted by molar-refractivity contribution is 0.641. The third-order valence-electron chi connectivity index (χ3n) is 1.78. The molecule has 0 N–H and O–H groups in total. The van der Waals surface area contributed by atoms with Crippen molar-refractivity contribution in [3.8, 4) is 0 Å². The smallest absolute Gasteiger partial charge is 0.140 e. The molecular weight excluding hydrogens is 239 g/mol. The predicted molar refractivity (Wildman–Crippen MR) is 54.4 cm³/mol. The van der Waals surface area contributed by atoms with E-state index in [4.69, 9.17) is 0 Å². The van der Waals surface area contributed by atoms with Gasteiger partial charge in [-0.05, 0) is 22.4 Å². The second-order valence-corrected chi connectivity index (χ2v) is 3.95. The Bertz CT molecular complexity index is 408. The lowest BCUT2D eigenvalue weighted by atomic mass is 10.2. The summed E-state index contributed by atoms with van der Waals surface area (Å²) in [5.41, 5.74) is 1.16. The molecule has 12 heavy (non-hydrogen) atoms. The monoisotopic (exact) mass is 244 g/mol. The molecule has 0 amide bonds. The van der Waals surface area contributed by atoms with Gasteiger partial charge in [0.1, 0.15) is 5.82 Å². The van der Waals surface area contributed by atoms with Crippen LogP contribution in [0.1, 0.15) is 5.56 Å². The fraction of sp³-hybridized carbons (Fsp3) is 0.111.